The highest BCUT2D eigenvalue weighted by molar-refractivity contribution is 7.99. The average Bonchev–Trinajstić information content (AvgIpc) is 2.40. The van der Waals surface area contributed by atoms with E-state index < -0.39 is 0 Å². The van der Waals surface area contributed by atoms with E-state index in [1.807, 2.05) is 17.0 Å². The van der Waals surface area contributed by atoms with Crippen molar-refractivity contribution in [2.45, 2.75) is 11.8 Å². The van der Waals surface area contributed by atoms with Crippen LogP contribution in [0.15, 0.2) is 23.2 Å². The fourth-order valence-corrected chi connectivity index (χ4v) is 2.50. The molecule has 0 spiro atoms. The number of aromatic nitrogens is 1. The number of amides is 1. The number of nitrogens with zero attached hydrogens (tertiary/aromatic N) is 2. The molecule has 0 unspecified atom stereocenters. The lowest BCUT2D eigenvalue weighted by atomic mass is 10.3. The van der Waals surface area contributed by atoms with E-state index in [1.54, 1.807) is 18.0 Å². The first kappa shape index (κ1) is 12.4. The number of thioether (sulfide) groups is 1. The molecule has 1 aromatic heterocycles. The normalized spacial score (nSPS) is 15.9. The second-order valence-corrected chi connectivity index (χ2v) is 5.19. The van der Waals surface area contributed by atoms with Crippen molar-refractivity contribution in [1.82, 2.24) is 15.2 Å². The lowest BCUT2D eigenvalue weighted by Gasteiger charge is -2.27. The van der Waals surface area contributed by atoms with Gasteiger partial charge in [0, 0.05) is 37.3 Å². The van der Waals surface area contributed by atoms with Crippen molar-refractivity contribution < 1.29 is 4.79 Å². The highest BCUT2D eigenvalue weighted by atomic mass is 32.2. The third-order valence-electron chi connectivity index (χ3n) is 2.67. The van der Waals surface area contributed by atoms with Crippen molar-refractivity contribution in [2.24, 2.45) is 0 Å². The summed E-state index contributed by atoms with van der Waals surface area (Å²) in [7, 11) is 0. The Kier molecular flexibility index (Phi) is 4.39. The second-order valence-electron chi connectivity index (χ2n) is 3.85. The molecule has 92 valence electrons. The molecule has 0 atom stereocenters. The molecule has 5 heteroatoms. The van der Waals surface area contributed by atoms with Gasteiger partial charge < -0.3 is 10.2 Å². The SMILES string of the molecule is CCSc1ccnc(C(=O)N2CCNCC2)c1. The van der Waals surface area contributed by atoms with Crippen molar-refractivity contribution in [3.63, 3.8) is 0 Å². The third kappa shape index (κ3) is 3.20. The van der Waals surface area contributed by atoms with Crippen LogP contribution in [0.4, 0.5) is 0 Å². The molecule has 1 aromatic rings. The first-order valence-electron chi connectivity index (χ1n) is 5.90. The van der Waals surface area contributed by atoms with Crippen LogP contribution in [-0.2, 0) is 0 Å². The van der Waals surface area contributed by atoms with Crippen LogP contribution in [0, 0.1) is 0 Å². The molecule has 1 aliphatic rings. The van der Waals surface area contributed by atoms with Gasteiger partial charge in [0.2, 0.25) is 0 Å². The van der Waals surface area contributed by atoms with Gasteiger partial charge >= 0.3 is 0 Å². The van der Waals surface area contributed by atoms with E-state index in [9.17, 15) is 4.79 Å². The second kappa shape index (κ2) is 6.02. The van der Waals surface area contributed by atoms with Crippen LogP contribution in [0.25, 0.3) is 0 Å². The molecule has 1 fully saturated rings. The predicted octanol–water partition coefficient (Wildman–Crippen LogP) is 1.24. The van der Waals surface area contributed by atoms with Crippen molar-refractivity contribution >= 4 is 17.7 Å². The minimum absolute atomic E-state index is 0.0463. The molecule has 0 aliphatic carbocycles. The average molecular weight is 251 g/mol. The summed E-state index contributed by atoms with van der Waals surface area (Å²) in [6, 6.07) is 3.83. The van der Waals surface area contributed by atoms with E-state index in [1.165, 1.54) is 0 Å². The summed E-state index contributed by atoms with van der Waals surface area (Å²) in [6.45, 7) is 5.38. The van der Waals surface area contributed by atoms with E-state index in [0.29, 0.717) is 5.69 Å². The van der Waals surface area contributed by atoms with Gasteiger partial charge in [0.15, 0.2) is 0 Å². The Morgan fingerprint density at radius 3 is 3.00 bits per heavy atom. The lowest BCUT2D eigenvalue weighted by molar-refractivity contribution is 0.0729. The van der Waals surface area contributed by atoms with Crippen molar-refractivity contribution in [3.05, 3.63) is 24.0 Å². The Labute approximate surface area is 106 Å². The topological polar surface area (TPSA) is 45.2 Å². The standard InChI is InChI=1S/C12H17N3OS/c1-2-17-10-3-4-14-11(9-10)12(16)15-7-5-13-6-8-15/h3-4,9,13H,2,5-8H2,1H3. The van der Waals surface area contributed by atoms with Crippen molar-refractivity contribution in [2.75, 3.05) is 31.9 Å². The maximum Gasteiger partial charge on any atom is 0.272 e. The molecule has 2 rings (SSSR count). The van der Waals surface area contributed by atoms with Gasteiger partial charge in [-0.2, -0.15) is 0 Å². The largest absolute Gasteiger partial charge is 0.335 e. The minimum Gasteiger partial charge on any atom is -0.335 e. The molecule has 1 aliphatic heterocycles. The Morgan fingerprint density at radius 2 is 2.29 bits per heavy atom. The quantitative estimate of drug-likeness (QED) is 0.821. The summed E-state index contributed by atoms with van der Waals surface area (Å²) in [5.41, 5.74) is 0.561. The Hall–Kier alpha value is -1.07. The fourth-order valence-electron chi connectivity index (χ4n) is 1.81. The zero-order chi connectivity index (χ0) is 12.1. The van der Waals surface area contributed by atoms with E-state index in [2.05, 4.69) is 17.2 Å². The Bertz CT molecular complexity index is 391. The molecule has 0 aromatic carbocycles. The van der Waals surface area contributed by atoms with Crippen LogP contribution in [0.2, 0.25) is 0 Å². The van der Waals surface area contributed by atoms with Crippen LogP contribution < -0.4 is 5.32 Å². The van der Waals surface area contributed by atoms with E-state index in [4.69, 9.17) is 0 Å². The van der Waals surface area contributed by atoms with Gasteiger partial charge in [-0.1, -0.05) is 6.92 Å². The number of carbonyl (C=O) groups excluding carboxylic acids is 1. The summed E-state index contributed by atoms with van der Waals surface area (Å²) >= 11 is 1.73. The van der Waals surface area contributed by atoms with E-state index in [-0.39, 0.29) is 5.91 Å². The molecule has 1 amide bonds. The molecule has 0 radical (unpaired) electrons. The smallest absolute Gasteiger partial charge is 0.272 e. The Morgan fingerprint density at radius 1 is 1.53 bits per heavy atom. The molecule has 0 bridgehead atoms. The van der Waals surface area contributed by atoms with Gasteiger partial charge in [-0.05, 0) is 17.9 Å². The van der Waals surface area contributed by atoms with Crippen LogP contribution in [0.5, 0.6) is 0 Å². The van der Waals surface area contributed by atoms with Gasteiger partial charge in [0.05, 0.1) is 0 Å². The van der Waals surface area contributed by atoms with E-state index >= 15 is 0 Å². The van der Waals surface area contributed by atoms with Crippen LogP contribution in [0.1, 0.15) is 17.4 Å². The maximum atomic E-state index is 12.2. The summed E-state index contributed by atoms with van der Waals surface area (Å²) < 4.78 is 0. The van der Waals surface area contributed by atoms with Crippen LogP contribution in [-0.4, -0.2) is 47.7 Å². The van der Waals surface area contributed by atoms with Gasteiger partial charge in [-0.15, -0.1) is 11.8 Å². The van der Waals surface area contributed by atoms with E-state index in [0.717, 1.165) is 36.8 Å². The predicted molar refractivity (Wildman–Crippen MR) is 69.4 cm³/mol. The summed E-state index contributed by atoms with van der Waals surface area (Å²) in [5, 5.41) is 3.23. The lowest BCUT2D eigenvalue weighted by Crippen LogP contribution is -2.46. The number of hydrogen-bond donors (Lipinski definition) is 1. The molecule has 2 heterocycles. The fraction of sp³-hybridized carbons (Fsp3) is 0.500. The number of pyridine rings is 1. The molecule has 17 heavy (non-hydrogen) atoms. The number of carbonyl (C=O) groups is 1. The molecule has 0 saturated carbocycles. The zero-order valence-electron chi connectivity index (χ0n) is 9.98. The molecular weight excluding hydrogens is 234 g/mol. The van der Waals surface area contributed by atoms with Gasteiger partial charge in [-0.3, -0.25) is 9.78 Å². The summed E-state index contributed by atoms with van der Waals surface area (Å²) in [6.07, 6.45) is 1.72. The Balaban J connectivity index is 2.09. The van der Waals surface area contributed by atoms with Gasteiger partial charge in [0.1, 0.15) is 5.69 Å². The summed E-state index contributed by atoms with van der Waals surface area (Å²) in [4.78, 5) is 19.3. The number of hydrogen-bond acceptors (Lipinski definition) is 4. The zero-order valence-corrected chi connectivity index (χ0v) is 10.8. The highest BCUT2D eigenvalue weighted by Crippen LogP contribution is 2.18. The molecule has 4 nitrogen and oxygen atoms in total. The van der Waals surface area contributed by atoms with Crippen molar-refractivity contribution in [3.8, 4) is 0 Å². The number of piperazine rings is 1. The monoisotopic (exact) mass is 251 g/mol. The van der Waals surface area contributed by atoms with Crippen molar-refractivity contribution in [1.29, 1.82) is 0 Å². The maximum absolute atomic E-state index is 12.2. The number of nitrogens with one attached hydrogen (secondary N) is 1. The minimum atomic E-state index is 0.0463. The highest BCUT2D eigenvalue weighted by Gasteiger charge is 2.18. The first-order valence-corrected chi connectivity index (χ1v) is 6.88. The third-order valence-corrected chi connectivity index (χ3v) is 3.54. The van der Waals surface area contributed by atoms with Gasteiger partial charge in [0.25, 0.3) is 5.91 Å². The summed E-state index contributed by atoms with van der Waals surface area (Å²) in [5.74, 6) is 1.05. The molecule has 1 N–H and O–H groups in total. The number of rotatable bonds is 3. The molecule has 1 saturated heterocycles. The first-order chi connectivity index (χ1) is 8.31. The van der Waals surface area contributed by atoms with Gasteiger partial charge in [-0.25, -0.2) is 0 Å². The van der Waals surface area contributed by atoms with Crippen LogP contribution in [0.3, 0.4) is 0 Å². The van der Waals surface area contributed by atoms with Crippen LogP contribution >= 0.6 is 11.8 Å². The molecular formula is C12H17N3OS.